The highest BCUT2D eigenvalue weighted by molar-refractivity contribution is 6.04. The number of esters is 1. The van der Waals surface area contributed by atoms with Crippen molar-refractivity contribution in [2.24, 2.45) is 0 Å². The number of amides is 3. The molecule has 0 aromatic carbocycles. The number of imide groups is 1. The smallest absolute Gasteiger partial charge is 0.330 e. The molecule has 1 atom stereocenters. The van der Waals surface area contributed by atoms with Crippen LogP contribution in [0.2, 0.25) is 0 Å². The summed E-state index contributed by atoms with van der Waals surface area (Å²) in [5, 5.41) is 2.61. The van der Waals surface area contributed by atoms with Crippen molar-refractivity contribution >= 4 is 17.9 Å². The molecule has 1 N–H and O–H groups in total. The maximum Gasteiger partial charge on any atom is 0.330 e. The van der Waals surface area contributed by atoms with Crippen LogP contribution in [0.3, 0.4) is 0 Å². The standard InChI is InChI=1S/C12H18N2O4/c1-3-6-9-11(16)14(12(17)13-9)8-5-7-10(15)18-4-2/h5,7,9H,3-4,6,8H2,1-2H3,(H,13,17)/b7-5+. The summed E-state index contributed by atoms with van der Waals surface area (Å²) in [6.07, 6.45) is 4.12. The molecule has 18 heavy (non-hydrogen) atoms. The average Bonchev–Trinajstić information content (AvgIpc) is 2.57. The normalized spacial score (nSPS) is 19.4. The molecule has 6 heteroatoms. The second-order valence-electron chi connectivity index (χ2n) is 3.89. The van der Waals surface area contributed by atoms with Crippen LogP contribution in [0.25, 0.3) is 0 Å². The van der Waals surface area contributed by atoms with Crippen LogP contribution in [0, 0.1) is 0 Å². The van der Waals surface area contributed by atoms with Gasteiger partial charge in [0.1, 0.15) is 6.04 Å². The quantitative estimate of drug-likeness (QED) is 0.432. The average molecular weight is 254 g/mol. The van der Waals surface area contributed by atoms with Crippen molar-refractivity contribution in [2.75, 3.05) is 13.2 Å². The largest absolute Gasteiger partial charge is 0.463 e. The molecule has 0 aromatic heterocycles. The zero-order chi connectivity index (χ0) is 13.5. The van der Waals surface area contributed by atoms with Gasteiger partial charge in [0.2, 0.25) is 0 Å². The Morgan fingerprint density at radius 2 is 2.17 bits per heavy atom. The third-order valence-electron chi connectivity index (χ3n) is 2.51. The number of rotatable bonds is 6. The zero-order valence-corrected chi connectivity index (χ0v) is 10.6. The van der Waals surface area contributed by atoms with Crippen LogP contribution in [-0.4, -0.2) is 42.0 Å². The van der Waals surface area contributed by atoms with Crippen molar-refractivity contribution in [3.8, 4) is 0 Å². The Balaban J connectivity index is 2.50. The number of hydrogen-bond donors (Lipinski definition) is 1. The van der Waals surface area contributed by atoms with E-state index in [0.29, 0.717) is 13.0 Å². The fourth-order valence-electron chi connectivity index (χ4n) is 1.68. The maximum absolute atomic E-state index is 11.8. The first-order chi connectivity index (χ1) is 8.60. The molecule has 1 aliphatic heterocycles. The van der Waals surface area contributed by atoms with E-state index in [9.17, 15) is 14.4 Å². The minimum absolute atomic E-state index is 0.0870. The molecule has 1 saturated heterocycles. The highest BCUT2D eigenvalue weighted by Crippen LogP contribution is 2.10. The Morgan fingerprint density at radius 3 is 2.78 bits per heavy atom. The highest BCUT2D eigenvalue weighted by atomic mass is 16.5. The zero-order valence-electron chi connectivity index (χ0n) is 10.6. The Bertz CT molecular complexity index is 365. The van der Waals surface area contributed by atoms with Gasteiger partial charge < -0.3 is 10.1 Å². The molecule has 1 rings (SSSR count). The molecule has 0 spiro atoms. The summed E-state index contributed by atoms with van der Waals surface area (Å²) < 4.78 is 4.69. The van der Waals surface area contributed by atoms with Crippen LogP contribution in [-0.2, 0) is 14.3 Å². The third kappa shape index (κ3) is 3.58. The van der Waals surface area contributed by atoms with Crippen molar-refractivity contribution in [1.82, 2.24) is 10.2 Å². The monoisotopic (exact) mass is 254 g/mol. The van der Waals surface area contributed by atoms with E-state index in [0.717, 1.165) is 11.3 Å². The Kier molecular flexibility index (Phi) is 5.35. The lowest BCUT2D eigenvalue weighted by Crippen LogP contribution is -2.31. The molecule has 0 bridgehead atoms. The predicted octanol–water partition coefficient (Wildman–Crippen LogP) is 0.826. The van der Waals surface area contributed by atoms with Crippen molar-refractivity contribution < 1.29 is 19.1 Å². The lowest BCUT2D eigenvalue weighted by molar-refractivity contribution is -0.137. The summed E-state index contributed by atoms with van der Waals surface area (Å²) in [4.78, 5) is 35.4. The summed E-state index contributed by atoms with van der Waals surface area (Å²) in [6, 6.07) is -0.842. The van der Waals surface area contributed by atoms with Crippen LogP contribution in [0.5, 0.6) is 0 Å². The van der Waals surface area contributed by atoms with Gasteiger partial charge in [-0.25, -0.2) is 9.59 Å². The molecule has 0 saturated carbocycles. The maximum atomic E-state index is 11.8. The molecular formula is C12H18N2O4. The topological polar surface area (TPSA) is 75.7 Å². The number of nitrogens with zero attached hydrogens (tertiary/aromatic N) is 1. The molecule has 3 amide bonds. The molecule has 100 valence electrons. The summed E-state index contributed by atoms with van der Waals surface area (Å²) >= 11 is 0. The minimum Gasteiger partial charge on any atom is -0.463 e. The van der Waals surface area contributed by atoms with E-state index in [1.807, 2.05) is 6.92 Å². The Morgan fingerprint density at radius 1 is 1.44 bits per heavy atom. The van der Waals surface area contributed by atoms with Gasteiger partial charge in [0, 0.05) is 12.6 Å². The fraction of sp³-hybridized carbons (Fsp3) is 0.583. The first-order valence-electron chi connectivity index (χ1n) is 6.05. The molecule has 0 radical (unpaired) electrons. The fourth-order valence-corrected chi connectivity index (χ4v) is 1.68. The Labute approximate surface area is 106 Å². The van der Waals surface area contributed by atoms with E-state index < -0.39 is 18.0 Å². The van der Waals surface area contributed by atoms with Gasteiger partial charge in [0.05, 0.1) is 6.61 Å². The van der Waals surface area contributed by atoms with Gasteiger partial charge >= 0.3 is 12.0 Å². The molecule has 1 aliphatic rings. The van der Waals surface area contributed by atoms with Crippen LogP contribution in [0.15, 0.2) is 12.2 Å². The van der Waals surface area contributed by atoms with Gasteiger partial charge in [-0.2, -0.15) is 0 Å². The van der Waals surface area contributed by atoms with Gasteiger partial charge in [0.25, 0.3) is 5.91 Å². The van der Waals surface area contributed by atoms with Crippen molar-refractivity contribution in [2.45, 2.75) is 32.7 Å². The first-order valence-corrected chi connectivity index (χ1v) is 6.05. The number of carbonyl (C=O) groups excluding carboxylic acids is 3. The van der Waals surface area contributed by atoms with Crippen molar-refractivity contribution in [1.29, 1.82) is 0 Å². The van der Waals surface area contributed by atoms with Gasteiger partial charge in [-0.15, -0.1) is 0 Å². The summed E-state index contributed by atoms with van der Waals surface area (Å²) in [5.41, 5.74) is 0. The Hall–Kier alpha value is -1.85. The van der Waals surface area contributed by atoms with Gasteiger partial charge in [-0.1, -0.05) is 19.4 Å². The number of nitrogens with one attached hydrogen (secondary N) is 1. The molecule has 1 heterocycles. The number of urea groups is 1. The van der Waals surface area contributed by atoms with Gasteiger partial charge in [-0.05, 0) is 13.3 Å². The van der Waals surface area contributed by atoms with Crippen molar-refractivity contribution in [3.05, 3.63) is 12.2 Å². The van der Waals surface area contributed by atoms with Crippen LogP contribution in [0.4, 0.5) is 4.79 Å². The van der Waals surface area contributed by atoms with E-state index in [4.69, 9.17) is 4.74 Å². The van der Waals surface area contributed by atoms with Gasteiger partial charge in [-0.3, -0.25) is 9.69 Å². The van der Waals surface area contributed by atoms with E-state index in [-0.39, 0.29) is 12.5 Å². The van der Waals surface area contributed by atoms with E-state index in [1.54, 1.807) is 6.92 Å². The van der Waals surface area contributed by atoms with Crippen LogP contribution < -0.4 is 5.32 Å². The van der Waals surface area contributed by atoms with E-state index >= 15 is 0 Å². The van der Waals surface area contributed by atoms with E-state index in [1.165, 1.54) is 12.2 Å². The minimum atomic E-state index is -0.477. The summed E-state index contributed by atoms with van der Waals surface area (Å²) in [5.74, 6) is -0.718. The third-order valence-corrected chi connectivity index (χ3v) is 2.51. The van der Waals surface area contributed by atoms with Gasteiger partial charge in [0.15, 0.2) is 0 Å². The van der Waals surface area contributed by atoms with Crippen molar-refractivity contribution in [3.63, 3.8) is 0 Å². The summed E-state index contributed by atoms with van der Waals surface area (Å²) in [6.45, 7) is 4.04. The first kappa shape index (κ1) is 14.2. The molecule has 1 unspecified atom stereocenters. The molecular weight excluding hydrogens is 236 g/mol. The van der Waals surface area contributed by atoms with E-state index in [2.05, 4.69) is 5.32 Å². The number of carbonyl (C=O) groups is 3. The lowest BCUT2D eigenvalue weighted by atomic mass is 10.2. The molecule has 0 aliphatic carbocycles. The lowest BCUT2D eigenvalue weighted by Gasteiger charge is -2.09. The highest BCUT2D eigenvalue weighted by Gasteiger charge is 2.36. The molecule has 6 nitrogen and oxygen atoms in total. The van der Waals surface area contributed by atoms with Crippen LogP contribution >= 0.6 is 0 Å². The molecule has 1 fully saturated rings. The van der Waals surface area contributed by atoms with Crippen LogP contribution in [0.1, 0.15) is 26.7 Å². The predicted molar refractivity (Wildman–Crippen MR) is 64.7 cm³/mol. The molecule has 0 aromatic rings. The number of ether oxygens (including phenoxy) is 1. The number of hydrogen-bond acceptors (Lipinski definition) is 4. The summed E-state index contributed by atoms with van der Waals surface area (Å²) in [7, 11) is 0. The second kappa shape index (κ2) is 6.78. The second-order valence-corrected chi connectivity index (χ2v) is 3.89. The SMILES string of the molecule is CCCC1NC(=O)N(C/C=C/C(=O)OCC)C1=O.